The summed E-state index contributed by atoms with van der Waals surface area (Å²) in [6, 6.07) is 5.58. The van der Waals surface area contributed by atoms with Crippen LogP contribution in [0.1, 0.15) is 46.3 Å². The number of nitrogens with one attached hydrogen (secondary N) is 1. The monoisotopic (exact) mass is 281 g/mol. The molecule has 0 heterocycles. The minimum Gasteiger partial charge on any atom is -0.490 e. The summed E-state index contributed by atoms with van der Waals surface area (Å²) in [6.45, 7) is 11.7. The fourth-order valence-corrected chi connectivity index (χ4v) is 1.80. The lowest BCUT2D eigenvalue weighted by Gasteiger charge is -2.23. The number of β-amino-alcohol motifs (C(OH)–C–C–N with tert-alkyl or cyclic N) is 1. The lowest BCUT2D eigenvalue weighted by atomic mass is 10.1. The maximum absolute atomic E-state index is 10.2. The molecule has 0 aliphatic heterocycles. The molecule has 0 aliphatic carbocycles. The number of rotatable bonds is 7. The molecule has 0 saturated heterocycles. The van der Waals surface area contributed by atoms with E-state index in [2.05, 4.69) is 26.1 Å². The molecule has 114 valence electrons. The molecule has 0 radical (unpaired) electrons. The van der Waals surface area contributed by atoms with E-state index < -0.39 is 6.10 Å². The van der Waals surface area contributed by atoms with Crippen LogP contribution in [0, 0.1) is 0 Å². The van der Waals surface area contributed by atoms with Gasteiger partial charge >= 0.3 is 0 Å². The van der Waals surface area contributed by atoms with Gasteiger partial charge in [-0.15, -0.1) is 0 Å². The second kappa shape index (κ2) is 7.50. The Balaban J connectivity index is 2.82. The fraction of sp³-hybridized carbons (Fsp3) is 0.625. The van der Waals surface area contributed by atoms with Gasteiger partial charge in [0.05, 0.1) is 19.3 Å². The van der Waals surface area contributed by atoms with E-state index in [1.807, 2.05) is 32.0 Å². The van der Waals surface area contributed by atoms with Gasteiger partial charge in [0.1, 0.15) is 0 Å². The van der Waals surface area contributed by atoms with Gasteiger partial charge in [0.2, 0.25) is 0 Å². The Labute approximate surface area is 122 Å². The molecular weight excluding hydrogens is 254 g/mol. The summed E-state index contributed by atoms with van der Waals surface area (Å²) < 4.78 is 11.1. The molecule has 4 heteroatoms. The fourth-order valence-electron chi connectivity index (χ4n) is 1.80. The Hall–Kier alpha value is -1.26. The van der Waals surface area contributed by atoms with Crippen LogP contribution in [0.25, 0.3) is 0 Å². The number of ether oxygens (including phenoxy) is 2. The number of aliphatic hydroxyl groups excluding tert-OH is 1. The first-order valence-corrected chi connectivity index (χ1v) is 7.20. The van der Waals surface area contributed by atoms with Crippen LogP contribution in [0.4, 0.5) is 0 Å². The second-order valence-corrected chi connectivity index (χ2v) is 5.72. The molecule has 2 N–H and O–H groups in total. The number of hydrogen-bond acceptors (Lipinski definition) is 4. The average molecular weight is 281 g/mol. The molecule has 1 unspecified atom stereocenters. The van der Waals surface area contributed by atoms with Crippen molar-refractivity contribution in [2.45, 2.75) is 46.3 Å². The van der Waals surface area contributed by atoms with E-state index in [1.165, 1.54) is 0 Å². The maximum atomic E-state index is 10.2. The van der Waals surface area contributed by atoms with E-state index in [9.17, 15) is 5.11 Å². The van der Waals surface area contributed by atoms with Crippen molar-refractivity contribution < 1.29 is 14.6 Å². The van der Waals surface area contributed by atoms with Crippen molar-refractivity contribution in [3.8, 4) is 11.5 Å². The molecule has 20 heavy (non-hydrogen) atoms. The second-order valence-electron chi connectivity index (χ2n) is 5.72. The quantitative estimate of drug-likeness (QED) is 0.807. The van der Waals surface area contributed by atoms with E-state index in [1.54, 1.807) is 0 Å². The Morgan fingerprint density at radius 2 is 1.70 bits per heavy atom. The van der Waals surface area contributed by atoms with Gasteiger partial charge in [0, 0.05) is 12.1 Å². The predicted octanol–water partition coefficient (Wildman–Crippen LogP) is 2.91. The van der Waals surface area contributed by atoms with Crippen molar-refractivity contribution in [1.82, 2.24) is 5.32 Å². The molecule has 0 saturated carbocycles. The third kappa shape index (κ3) is 5.39. The zero-order chi connectivity index (χ0) is 15.2. The molecule has 0 amide bonds. The largest absolute Gasteiger partial charge is 0.490 e. The highest BCUT2D eigenvalue weighted by atomic mass is 16.5. The van der Waals surface area contributed by atoms with Gasteiger partial charge in [-0.2, -0.15) is 0 Å². The zero-order valence-electron chi connectivity index (χ0n) is 13.2. The van der Waals surface area contributed by atoms with Gasteiger partial charge in [-0.25, -0.2) is 0 Å². The van der Waals surface area contributed by atoms with Crippen molar-refractivity contribution in [2.75, 3.05) is 19.8 Å². The van der Waals surface area contributed by atoms with Crippen LogP contribution in [0.2, 0.25) is 0 Å². The molecular formula is C16H27NO3. The van der Waals surface area contributed by atoms with E-state index in [0.29, 0.717) is 31.3 Å². The summed E-state index contributed by atoms with van der Waals surface area (Å²) in [5, 5.41) is 13.5. The minimum absolute atomic E-state index is 0.0189. The van der Waals surface area contributed by atoms with Gasteiger partial charge in [-0.05, 0) is 52.3 Å². The molecule has 0 spiro atoms. The third-order valence-corrected chi connectivity index (χ3v) is 2.78. The van der Waals surface area contributed by atoms with Crippen LogP contribution in [0.5, 0.6) is 11.5 Å². The first-order chi connectivity index (χ1) is 9.37. The molecule has 1 aromatic rings. The highest BCUT2D eigenvalue weighted by Gasteiger charge is 2.15. The Morgan fingerprint density at radius 3 is 2.25 bits per heavy atom. The Morgan fingerprint density at radius 1 is 1.10 bits per heavy atom. The summed E-state index contributed by atoms with van der Waals surface area (Å²) in [5.41, 5.74) is 0.809. The Bertz CT molecular complexity index is 413. The Kier molecular flexibility index (Phi) is 6.30. The normalized spacial score (nSPS) is 13.1. The van der Waals surface area contributed by atoms with Crippen molar-refractivity contribution in [1.29, 1.82) is 0 Å². The van der Waals surface area contributed by atoms with Crippen molar-refractivity contribution in [2.24, 2.45) is 0 Å². The van der Waals surface area contributed by atoms with Crippen LogP contribution < -0.4 is 14.8 Å². The van der Waals surface area contributed by atoms with E-state index in [4.69, 9.17) is 9.47 Å². The zero-order valence-corrected chi connectivity index (χ0v) is 13.2. The van der Waals surface area contributed by atoms with E-state index in [-0.39, 0.29) is 5.54 Å². The van der Waals surface area contributed by atoms with Gasteiger partial charge < -0.3 is 19.9 Å². The van der Waals surface area contributed by atoms with Crippen LogP contribution in [-0.2, 0) is 0 Å². The molecule has 0 aliphatic rings. The van der Waals surface area contributed by atoms with Gasteiger partial charge in [-0.1, -0.05) is 6.07 Å². The summed E-state index contributed by atoms with van der Waals surface area (Å²) >= 11 is 0. The molecule has 0 aromatic heterocycles. The van der Waals surface area contributed by atoms with Crippen LogP contribution in [0.3, 0.4) is 0 Å². The highest BCUT2D eigenvalue weighted by molar-refractivity contribution is 5.43. The molecule has 4 nitrogen and oxygen atoms in total. The molecule has 1 atom stereocenters. The van der Waals surface area contributed by atoms with Crippen LogP contribution in [-0.4, -0.2) is 30.4 Å². The van der Waals surface area contributed by atoms with Gasteiger partial charge in [0.15, 0.2) is 11.5 Å². The van der Waals surface area contributed by atoms with E-state index in [0.717, 1.165) is 5.56 Å². The first-order valence-electron chi connectivity index (χ1n) is 7.20. The molecule has 0 bridgehead atoms. The lowest BCUT2D eigenvalue weighted by molar-refractivity contribution is 0.162. The van der Waals surface area contributed by atoms with Crippen molar-refractivity contribution in [3.05, 3.63) is 23.8 Å². The van der Waals surface area contributed by atoms with Crippen molar-refractivity contribution >= 4 is 0 Å². The smallest absolute Gasteiger partial charge is 0.161 e. The summed E-state index contributed by atoms with van der Waals surface area (Å²) in [5.74, 6) is 1.40. The minimum atomic E-state index is -0.566. The lowest BCUT2D eigenvalue weighted by Crippen LogP contribution is -2.38. The first kappa shape index (κ1) is 16.8. The topological polar surface area (TPSA) is 50.7 Å². The van der Waals surface area contributed by atoms with Crippen LogP contribution >= 0.6 is 0 Å². The molecule has 1 rings (SSSR count). The highest BCUT2D eigenvalue weighted by Crippen LogP contribution is 2.30. The SMILES string of the molecule is CCOc1ccc(C(O)CNC(C)(C)C)cc1OCC. The third-order valence-electron chi connectivity index (χ3n) is 2.78. The number of hydrogen-bond donors (Lipinski definition) is 2. The van der Waals surface area contributed by atoms with Crippen molar-refractivity contribution in [3.63, 3.8) is 0 Å². The number of benzene rings is 1. The van der Waals surface area contributed by atoms with E-state index >= 15 is 0 Å². The summed E-state index contributed by atoms with van der Waals surface area (Å²) in [6.07, 6.45) is -0.566. The average Bonchev–Trinajstić information content (AvgIpc) is 2.37. The molecule has 1 aromatic carbocycles. The summed E-state index contributed by atoms with van der Waals surface area (Å²) in [4.78, 5) is 0. The summed E-state index contributed by atoms with van der Waals surface area (Å²) in [7, 11) is 0. The van der Waals surface area contributed by atoms with Gasteiger partial charge in [-0.3, -0.25) is 0 Å². The van der Waals surface area contributed by atoms with Gasteiger partial charge in [0.25, 0.3) is 0 Å². The molecule has 0 fully saturated rings. The predicted molar refractivity (Wildman–Crippen MR) is 81.5 cm³/mol. The standard InChI is InChI=1S/C16H27NO3/c1-6-19-14-9-8-12(10-15(14)20-7-2)13(18)11-17-16(3,4)5/h8-10,13,17-18H,6-7,11H2,1-5H3. The maximum Gasteiger partial charge on any atom is 0.161 e. The number of aliphatic hydroxyl groups is 1. The van der Waals surface area contributed by atoms with Crippen LogP contribution in [0.15, 0.2) is 18.2 Å².